The van der Waals surface area contributed by atoms with E-state index in [1.807, 2.05) is 12.1 Å². The first-order chi connectivity index (χ1) is 13.0. The predicted molar refractivity (Wildman–Crippen MR) is 111 cm³/mol. The Bertz CT molecular complexity index is 691. The number of aliphatic carboxylic acids is 1. The minimum absolute atomic E-state index is 0.101. The summed E-state index contributed by atoms with van der Waals surface area (Å²) in [6.07, 6.45) is -5.89. The van der Waals surface area contributed by atoms with Crippen LogP contribution in [0.1, 0.15) is 44.6 Å². The quantitative estimate of drug-likeness (QED) is 0.154. The number of halogens is 4. The second-order valence-corrected chi connectivity index (χ2v) is 7.46. The zero-order valence-corrected chi connectivity index (χ0v) is 17.7. The van der Waals surface area contributed by atoms with Crippen LogP contribution in [0.4, 0.5) is 13.2 Å². The van der Waals surface area contributed by atoms with E-state index in [9.17, 15) is 23.1 Å². The van der Waals surface area contributed by atoms with Crippen molar-refractivity contribution in [3.63, 3.8) is 0 Å². The number of aliphatic imine (C=N–C) groups is 1. The lowest BCUT2D eigenvalue weighted by Gasteiger charge is -2.29. The summed E-state index contributed by atoms with van der Waals surface area (Å²) in [5.41, 5.74) is 1.05. The molecule has 1 aromatic rings. The highest BCUT2D eigenvalue weighted by molar-refractivity contribution is 14.1. The van der Waals surface area contributed by atoms with E-state index in [1.165, 1.54) is 4.90 Å². The fraction of sp³-hybridized carbons (Fsp3) is 0.474. The predicted octanol–water partition coefficient (Wildman–Crippen LogP) is 4.90. The van der Waals surface area contributed by atoms with E-state index in [2.05, 4.69) is 34.2 Å². The summed E-state index contributed by atoms with van der Waals surface area (Å²) in [5.74, 6) is -0.960. The number of hydrogen-bond acceptors (Lipinski definition) is 3. The van der Waals surface area contributed by atoms with Crippen molar-refractivity contribution >= 4 is 40.1 Å². The van der Waals surface area contributed by atoms with Crippen molar-refractivity contribution in [3.8, 4) is 0 Å². The molecule has 0 bridgehead atoms. The Kier molecular flexibility index (Phi) is 9.94. The van der Waals surface area contributed by atoms with Gasteiger partial charge in [0.1, 0.15) is 18.6 Å². The molecule has 0 spiro atoms. The van der Waals surface area contributed by atoms with E-state index in [0.29, 0.717) is 11.3 Å². The number of carbonyl (C=O) groups is 1. The van der Waals surface area contributed by atoms with Crippen LogP contribution in [0.2, 0.25) is 0 Å². The zero-order valence-electron chi connectivity index (χ0n) is 15.5. The van der Waals surface area contributed by atoms with Gasteiger partial charge in [0.15, 0.2) is 0 Å². The van der Waals surface area contributed by atoms with Gasteiger partial charge >= 0.3 is 12.1 Å². The number of carboxylic acid groups (broad SMARTS) is 1. The average molecular weight is 512 g/mol. The van der Waals surface area contributed by atoms with Gasteiger partial charge in [-0.1, -0.05) is 25.6 Å². The Hall–Kier alpha value is -1.62. The van der Waals surface area contributed by atoms with Crippen molar-refractivity contribution in [3.05, 3.63) is 40.0 Å². The van der Waals surface area contributed by atoms with Crippen LogP contribution in [0.15, 0.2) is 35.8 Å². The van der Waals surface area contributed by atoms with Crippen LogP contribution in [0.3, 0.4) is 0 Å². The molecule has 9 heteroatoms. The van der Waals surface area contributed by atoms with Gasteiger partial charge in [0.2, 0.25) is 0 Å². The van der Waals surface area contributed by atoms with E-state index in [0.717, 1.165) is 3.57 Å². The topological polar surface area (TPSA) is 73.1 Å². The number of rotatable bonds is 10. The van der Waals surface area contributed by atoms with Crippen molar-refractivity contribution in [2.45, 2.75) is 51.4 Å². The van der Waals surface area contributed by atoms with Gasteiger partial charge in [0, 0.05) is 16.4 Å². The molecule has 0 saturated carbocycles. The molecule has 1 aromatic carbocycles. The summed E-state index contributed by atoms with van der Waals surface area (Å²) in [6.45, 7) is 5.05. The number of carboxylic acids is 1. The number of amidine groups is 1. The molecule has 0 aliphatic carbocycles. The standard InChI is InChI=1S/C19H24F3IN2O3/c1-3-17(26)25(12-18(27)28)16(6-4-5-11-19(20,21)22)24-13(2)14-7-9-15(23)10-8-14/h7-10,17,26H,2-6,11-12H2,1H3,(H,27,28)/b24-16-. The number of aliphatic hydroxyl groups excluding tert-OH is 1. The third-order valence-electron chi connectivity index (χ3n) is 3.91. The maximum absolute atomic E-state index is 12.4. The average Bonchev–Trinajstić information content (AvgIpc) is 2.61. The van der Waals surface area contributed by atoms with E-state index < -0.39 is 31.3 Å². The van der Waals surface area contributed by atoms with Crippen LogP contribution in [0, 0.1) is 3.57 Å². The van der Waals surface area contributed by atoms with Crippen molar-refractivity contribution in [2.75, 3.05) is 6.54 Å². The van der Waals surface area contributed by atoms with Crippen molar-refractivity contribution in [1.29, 1.82) is 0 Å². The molecule has 2 N–H and O–H groups in total. The Balaban J connectivity index is 3.07. The normalized spacial score (nSPS) is 13.3. The molecule has 1 unspecified atom stereocenters. The number of unbranched alkanes of at least 4 members (excludes halogenated alkanes) is 1. The molecule has 0 aliphatic rings. The molecule has 0 aliphatic heterocycles. The molecular weight excluding hydrogens is 488 g/mol. The number of alkyl halides is 3. The van der Waals surface area contributed by atoms with Gasteiger partial charge < -0.3 is 15.1 Å². The highest BCUT2D eigenvalue weighted by Crippen LogP contribution is 2.24. The van der Waals surface area contributed by atoms with Gasteiger partial charge in [-0.25, -0.2) is 4.99 Å². The first-order valence-electron chi connectivity index (χ1n) is 8.79. The summed E-state index contributed by atoms with van der Waals surface area (Å²) in [4.78, 5) is 16.8. The Morgan fingerprint density at radius 3 is 2.39 bits per heavy atom. The molecule has 0 radical (unpaired) electrons. The van der Waals surface area contributed by atoms with Gasteiger partial charge in [-0.3, -0.25) is 4.79 Å². The Labute approximate surface area is 176 Å². The molecule has 0 aromatic heterocycles. The van der Waals surface area contributed by atoms with Crippen molar-refractivity contribution in [1.82, 2.24) is 4.90 Å². The summed E-state index contributed by atoms with van der Waals surface area (Å²) in [7, 11) is 0. The largest absolute Gasteiger partial charge is 0.480 e. The molecular formula is C19H24F3IN2O3. The van der Waals surface area contributed by atoms with Gasteiger partial charge in [-0.2, -0.15) is 13.2 Å². The summed E-state index contributed by atoms with van der Waals surface area (Å²) in [5, 5.41) is 19.4. The smallest absolute Gasteiger partial charge is 0.389 e. The van der Waals surface area contributed by atoms with Gasteiger partial charge in [0.25, 0.3) is 0 Å². The van der Waals surface area contributed by atoms with E-state index in [-0.39, 0.29) is 31.5 Å². The summed E-state index contributed by atoms with van der Waals surface area (Å²) >= 11 is 2.15. The molecule has 0 saturated heterocycles. The molecule has 156 valence electrons. The second kappa shape index (κ2) is 11.4. The van der Waals surface area contributed by atoms with E-state index in [1.54, 1.807) is 19.1 Å². The van der Waals surface area contributed by atoms with Crippen molar-refractivity contribution < 1.29 is 28.2 Å². The number of aliphatic hydroxyl groups is 1. The fourth-order valence-electron chi connectivity index (χ4n) is 2.47. The van der Waals surface area contributed by atoms with Gasteiger partial charge in [-0.05, 0) is 59.5 Å². The van der Waals surface area contributed by atoms with Crippen LogP contribution in [0.25, 0.3) is 5.70 Å². The van der Waals surface area contributed by atoms with E-state index >= 15 is 0 Å². The highest BCUT2D eigenvalue weighted by Gasteiger charge is 2.27. The second-order valence-electron chi connectivity index (χ2n) is 6.21. The molecule has 28 heavy (non-hydrogen) atoms. The lowest BCUT2D eigenvalue weighted by atomic mass is 10.1. The van der Waals surface area contributed by atoms with Crippen LogP contribution in [-0.4, -0.2) is 45.9 Å². The van der Waals surface area contributed by atoms with Gasteiger partial charge in [-0.15, -0.1) is 0 Å². The first-order valence-corrected chi connectivity index (χ1v) is 9.87. The summed E-state index contributed by atoms with van der Waals surface area (Å²) in [6, 6.07) is 7.31. The maximum Gasteiger partial charge on any atom is 0.389 e. The third kappa shape index (κ3) is 9.05. The minimum Gasteiger partial charge on any atom is -0.480 e. The first kappa shape index (κ1) is 24.4. The highest BCUT2D eigenvalue weighted by atomic mass is 127. The fourth-order valence-corrected chi connectivity index (χ4v) is 2.83. The lowest BCUT2D eigenvalue weighted by molar-refractivity contribution is -0.139. The monoisotopic (exact) mass is 512 g/mol. The Morgan fingerprint density at radius 2 is 1.89 bits per heavy atom. The van der Waals surface area contributed by atoms with Gasteiger partial charge in [0.05, 0.1) is 5.70 Å². The molecule has 5 nitrogen and oxygen atoms in total. The third-order valence-corrected chi connectivity index (χ3v) is 4.63. The number of hydrogen-bond donors (Lipinski definition) is 2. The maximum atomic E-state index is 12.4. The zero-order chi connectivity index (χ0) is 21.3. The van der Waals surface area contributed by atoms with Crippen LogP contribution >= 0.6 is 22.6 Å². The van der Waals surface area contributed by atoms with E-state index in [4.69, 9.17) is 5.11 Å². The summed E-state index contributed by atoms with van der Waals surface area (Å²) < 4.78 is 38.2. The lowest BCUT2D eigenvalue weighted by Crippen LogP contribution is -2.43. The molecule has 0 amide bonds. The molecule has 1 atom stereocenters. The number of benzene rings is 1. The number of nitrogens with zero attached hydrogens (tertiary/aromatic N) is 2. The molecule has 0 heterocycles. The Morgan fingerprint density at radius 1 is 1.29 bits per heavy atom. The molecule has 0 fully saturated rings. The van der Waals surface area contributed by atoms with Crippen LogP contribution < -0.4 is 0 Å². The van der Waals surface area contributed by atoms with Crippen molar-refractivity contribution in [2.24, 2.45) is 4.99 Å². The van der Waals surface area contributed by atoms with Crippen LogP contribution in [0.5, 0.6) is 0 Å². The minimum atomic E-state index is -4.24. The SMILES string of the molecule is C=C(/N=C(/CCCCC(F)(F)F)N(CC(=O)O)C(O)CC)c1ccc(I)cc1. The van der Waals surface area contributed by atoms with Crippen LogP contribution in [-0.2, 0) is 4.79 Å². The molecule has 1 rings (SSSR count).